The molecule has 0 spiro atoms. The van der Waals surface area contributed by atoms with Gasteiger partial charge in [0, 0.05) is 51.1 Å². The molecule has 130 valence electrons. The summed E-state index contributed by atoms with van der Waals surface area (Å²) in [5.74, 6) is 2.51. The highest BCUT2D eigenvalue weighted by atomic mass is 16.3. The number of likely N-dealkylation sites (tertiary alicyclic amines) is 1. The number of aryl methyl sites for hydroxylation is 2. The van der Waals surface area contributed by atoms with Gasteiger partial charge in [-0.25, -0.2) is 4.98 Å². The van der Waals surface area contributed by atoms with Crippen LogP contribution in [0.4, 0.5) is 0 Å². The number of nitrogens with zero attached hydrogens (tertiary/aromatic N) is 3. The minimum absolute atomic E-state index is 0.0363. The number of imidazole rings is 1. The van der Waals surface area contributed by atoms with Crippen LogP contribution in [0.15, 0.2) is 29.1 Å². The lowest BCUT2D eigenvalue weighted by molar-refractivity contribution is -0.139. The third kappa shape index (κ3) is 3.24. The fraction of sp³-hybridized carbons (Fsp3) is 0.556. The lowest BCUT2D eigenvalue weighted by Gasteiger charge is -2.40. The van der Waals surface area contributed by atoms with Crippen LogP contribution in [-0.4, -0.2) is 33.4 Å². The summed E-state index contributed by atoms with van der Waals surface area (Å²) in [7, 11) is 1.99. The molecule has 1 amide bonds. The van der Waals surface area contributed by atoms with Crippen LogP contribution in [0.3, 0.4) is 0 Å². The summed E-state index contributed by atoms with van der Waals surface area (Å²) in [4.78, 5) is 18.8. The highest BCUT2D eigenvalue weighted by Gasteiger charge is 2.37. The topological polar surface area (TPSA) is 63.3 Å². The first-order chi connectivity index (χ1) is 11.6. The molecule has 0 aliphatic carbocycles. The van der Waals surface area contributed by atoms with E-state index in [1.165, 1.54) is 5.56 Å². The first kappa shape index (κ1) is 16.8. The van der Waals surface area contributed by atoms with Gasteiger partial charge < -0.3 is 19.2 Å². The Morgan fingerprint density at radius 1 is 1.46 bits per heavy atom. The Labute approximate surface area is 142 Å². The molecule has 1 N–H and O–H groups in total. The van der Waals surface area contributed by atoms with Crippen molar-refractivity contribution in [2.24, 2.45) is 13.0 Å². The second-order valence-corrected chi connectivity index (χ2v) is 6.45. The van der Waals surface area contributed by atoms with Crippen molar-refractivity contribution in [3.05, 3.63) is 41.9 Å². The zero-order chi connectivity index (χ0) is 17.1. The maximum absolute atomic E-state index is 12.3. The average molecular weight is 330 g/mol. The number of aromatic nitrogens is 2. The number of carbonyl (C=O) groups excluding carboxylic acids is 1. The van der Waals surface area contributed by atoms with Gasteiger partial charge in [0.05, 0.1) is 12.3 Å². The van der Waals surface area contributed by atoms with Gasteiger partial charge in [-0.2, -0.15) is 0 Å². The van der Waals surface area contributed by atoms with Gasteiger partial charge in [0.2, 0.25) is 5.91 Å². The molecule has 2 aromatic heterocycles. The number of amides is 1. The number of furan rings is 1. The maximum Gasteiger partial charge on any atom is 0.223 e. The summed E-state index contributed by atoms with van der Waals surface area (Å²) in [5, 5.41) is 3.53. The van der Waals surface area contributed by atoms with Gasteiger partial charge >= 0.3 is 0 Å². The van der Waals surface area contributed by atoms with Gasteiger partial charge in [-0.3, -0.25) is 4.79 Å². The molecule has 3 heterocycles. The van der Waals surface area contributed by atoms with Gasteiger partial charge in [-0.1, -0.05) is 0 Å². The summed E-state index contributed by atoms with van der Waals surface area (Å²) >= 11 is 0. The largest absolute Gasteiger partial charge is 0.469 e. The van der Waals surface area contributed by atoms with E-state index >= 15 is 0 Å². The highest BCUT2D eigenvalue weighted by Crippen LogP contribution is 2.35. The molecule has 1 saturated heterocycles. The lowest BCUT2D eigenvalue weighted by Crippen LogP contribution is -2.46. The van der Waals surface area contributed by atoms with Crippen LogP contribution in [0, 0.1) is 12.8 Å². The predicted octanol–water partition coefficient (Wildman–Crippen LogP) is 2.41. The van der Waals surface area contributed by atoms with Crippen LogP contribution >= 0.6 is 0 Å². The van der Waals surface area contributed by atoms with E-state index in [4.69, 9.17) is 4.42 Å². The van der Waals surface area contributed by atoms with E-state index in [1.54, 1.807) is 6.26 Å². The lowest BCUT2D eigenvalue weighted by atomic mass is 9.87. The normalized spacial score (nSPS) is 21.5. The van der Waals surface area contributed by atoms with E-state index in [9.17, 15) is 4.79 Å². The first-order valence-corrected chi connectivity index (χ1v) is 8.62. The van der Waals surface area contributed by atoms with E-state index < -0.39 is 0 Å². The van der Waals surface area contributed by atoms with Gasteiger partial charge in [-0.15, -0.1) is 0 Å². The van der Waals surface area contributed by atoms with E-state index in [-0.39, 0.29) is 11.9 Å². The molecular formula is C18H26N4O2. The van der Waals surface area contributed by atoms with Crippen LogP contribution in [0.2, 0.25) is 0 Å². The molecule has 1 aliphatic heterocycles. The molecule has 0 saturated carbocycles. The summed E-state index contributed by atoms with van der Waals surface area (Å²) in [5.41, 5.74) is 1.18. The number of carbonyl (C=O) groups is 1. The van der Waals surface area contributed by atoms with Gasteiger partial charge in [0.15, 0.2) is 0 Å². The quantitative estimate of drug-likeness (QED) is 0.883. The number of rotatable bonds is 6. The smallest absolute Gasteiger partial charge is 0.223 e. The molecule has 3 rings (SSSR count). The second kappa shape index (κ2) is 7.21. The van der Waals surface area contributed by atoms with Crippen LogP contribution < -0.4 is 5.32 Å². The third-order valence-electron chi connectivity index (χ3n) is 4.98. The van der Waals surface area contributed by atoms with Crippen molar-refractivity contribution in [1.29, 1.82) is 0 Å². The summed E-state index contributed by atoms with van der Waals surface area (Å²) in [6.45, 7) is 6.37. The summed E-state index contributed by atoms with van der Waals surface area (Å²) in [6.07, 6.45) is 6.99. The van der Waals surface area contributed by atoms with Gasteiger partial charge in [0.25, 0.3) is 0 Å². The molecule has 2 aromatic rings. The van der Waals surface area contributed by atoms with E-state index in [2.05, 4.69) is 10.3 Å². The van der Waals surface area contributed by atoms with Crippen molar-refractivity contribution in [2.75, 3.05) is 13.1 Å². The Morgan fingerprint density at radius 2 is 2.29 bits per heavy atom. The van der Waals surface area contributed by atoms with Crippen molar-refractivity contribution in [2.45, 2.75) is 39.3 Å². The number of hydrogen-bond acceptors (Lipinski definition) is 4. The zero-order valence-corrected chi connectivity index (χ0v) is 14.7. The monoisotopic (exact) mass is 330 g/mol. The first-order valence-electron chi connectivity index (χ1n) is 8.62. The SMILES string of the molecule is CCN1C(=O)CC[C@H](CNCc2ccoc2C)[C@H]1c1nccn1C. The fourth-order valence-electron chi connectivity index (χ4n) is 3.61. The number of nitrogens with one attached hydrogen (secondary N) is 1. The molecule has 0 unspecified atom stereocenters. The Bertz CT molecular complexity index is 691. The molecule has 2 atom stereocenters. The minimum Gasteiger partial charge on any atom is -0.469 e. The highest BCUT2D eigenvalue weighted by molar-refractivity contribution is 5.77. The van der Waals surface area contributed by atoms with E-state index in [1.807, 2.05) is 48.8 Å². The molecule has 0 radical (unpaired) electrons. The van der Waals surface area contributed by atoms with Crippen molar-refractivity contribution < 1.29 is 9.21 Å². The summed E-state index contributed by atoms with van der Waals surface area (Å²) < 4.78 is 7.37. The number of hydrogen-bond donors (Lipinski definition) is 1. The van der Waals surface area contributed by atoms with Gasteiger partial charge in [0.1, 0.15) is 11.6 Å². The van der Waals surface area contributed by atoms with Crippen LogP contribution in [0.5, 0.6) is 0 Å². The summed E-state index contributed by atoms with van der Waals surface area (Å²) in [6, 6.07) is 2.04. The molecule has 1 aliphatic rings. The molecule has 6 heteroatoms. The van der Waals surface area contributed by atoms with Crippen LogP contribution in [0.1, 0.15) is 43.0 Å². The Kier molecular flexibility index (Phi) is 5.04. The van der Waals surface area contributed by atoms with Crippen LogP contribution in [0.25, 0.3) is 0 Å². The molecule has 1 fully saturated rings. The predicted molar refractivity (Wildman–Crippen MR) is 91.2 cm³/mol. The third-order valence-corrected chi connectivity index (χ3v) is 4.98. The van der Waals surface area contributed by atoms with E-state index in [0.29, 0.717) is 18.9 Å². The standard InChI is InChI=1S/C18H26N4O2/c1-4-22-16(23)6-5-15(17(22)18-20-8-9-21(18)3)12-19-11-14-7-10-24-13(14)2/h7-10,15,17,19H,4-6,11-12H2,1-3H3/t15-,17+/m1/s1. The average Bonchev–Trinajstić information content (AvgIpc) is 3.17. The zero-order valence-electron chi connectivity index (χ0n) is 14.7. The molecule has 6 nitrogen and oxygen atoms in total. The molecule has 0 bridgehead atoms. The van der Waals surface area contributed by atoms with Crippen molar-refractivity contribution in [3.63, 3.8) is 0 Å². The van der Waals surface area contributed by atoms with E-state index in [0.717, 1.165) is 31.1 Å². The van der Waals surface area contributed by atoms with Gasteiger partial charge in [-0.05, 0) is 32.3 Å². The Morgan fingerprint density at radius 3 is 2.92 bits per heavy atom. The molecular weight excluding hydrogens is 304 g/mol. The molecule has 24 heavy (non-hydrogen) atoms. The van der Waals surface area contributed by atoms with Crippen molar-refractivity contribution in [1.82, 2.24) is 19.8 Å². The molecule has 0 aromatic carbocycles. The second-order valence-electron chi connectivity index (χ2n) is 6.45. The minimum atomic E-state index is 0.0363. The fourth-order valence-corrected chi connectivity index (χ4v) is 3.61. The Hall–Kier alpha value is -2.08. The maximum atomic E-state index is 12.3. The van der Waals surface area contributed by atoms with Crippen LogP contribution in [-0.2, 0) is 18.4 Å². The Balaban J connectivity index is 1.73. The van der Waals surface area contributed by atoms with Crippen molar-refractivity contribution in [3.8, 4) is 0 Å². The van der Waals surface area contributed by atoms with Crippen molar-refractivity contribution >= 4 is 5.91 Å². The number of piperidine rings is 1.